The smallest absolute Gasteiger partial charge is 0.332 e. The van der Waals surface area contributed by atoms with Gasteiger partial charge in [-0.25, -0.2) is 9.59 Å². The molecule has 0 spiro atoms. The summed E-state index contributed by atoms with van der Waals surface area (Å²) < 4.78 is 5.38. The number of piperidine rings is 1. The van der Waals surface area contributed by atoms with Gasteiger partial charge in [-0.15, -0.1) is 0 Å². The van der Waals surface area contributed by atoms with Gasteiger partial charge in [0.2, 0.25) is 0 Å². The molecule has 0 aliphatic carbocycles. The Balaban J connectivity index is 1.79. The van der Waals surface area contributed by atoms with Crippen LogP contribution in [-0.4, -0.2) is 52.8 Å². The van der Waals surface area contributed by atoms with Crippen molar-refractivity contribution in [3.05, 3.63) is 0 Å². The fourth-order valence-electron chi connectivity index (χ4n) is 3.15. The Morgan fingerprint density at radius 1 is 1.20 bits per heavy atom. The molecule has 4 atom stereocenters. The van der Waals surface area contributed by atoms with E-state index in [2.05, 4.69) is 19.2 Å². The highest BCUT2D eigenvalue weighted by atomic mass is 16.5. The molecule has 2 fully saturated rings. The number of carboxylic acid groups (broad SMARTS) is 1. The minimum atomic E-state index is -0.919. The van der Waals surface area contributed by atoms with Gasteiger partial charge in [0.25, 0.3) is 0 Å². The van der Waals surface area contributed by atoms with Gasteiger partial charge in [-0.1, -0.05) is 0 Å². The molecule has 6 heteroatoms. The van der Waals surface area contributed by atoms with Gasteiger partial charge in [0.05, 0.1) is 6.10 Å². The van der Waals surface area contributed by atoms with Crippen LogP contribution in [0.2, 0.25) is 0 Å². The molecule has 0 saturated carbocycles. The number of aliphatic carboxylic acids is 1. The van der Waals surface area contributed by atoms with E-state index in [1.807, 2.05) is 4.90 Å². The van der Waals surface area contributed by atoms with E-state index in [-0.39, 0.29) is 24.2 Å². The molecule has 2 saturated heterocycles. The Morgan fingerprint density at radius 2 is 1.85 bits per heavy atom. The SMILES string of the molecule is C[C@@H]1CCC[C@H](C)N1C(=O)NCC1CCC(C(=O)O)O1. The minimum absolute atomic E-state index is 0.0629. The summed E-state index contributed by atoms with van der Waals surface area (Å²) in [5.74, 6) is -0.919. The van der Waals surface area contributed by atoms with Crippen molar-refractivity contribution in [1.82, 2.24) is 10.2 Å². The molecule has 2 rings (SSSR count). The van der Waals surface area contributed by atoms with E-state index in [4.69, 9.17) is 9.84 Å². The molecule has 114 valence electrons. The fraction of sp³-hybridized carbons (Fsp3) is 0.857. The zero-order valence-corrected chi connectivity index (χ0v) is 12.2. The monoisotopic (exact) mass is 284 g/mol. The molecular weight excluding hydrogens is 260 g/mol. The third-order valence-electron chi connectivity index (χ3n) is 4.29. The average Bonchev–Trinajstić information content (AvgIpc) is 2.85. The summed E-state index contributed by atoms with van der Waals surface area (Å²) in [4.78, 5) is 24.9. The van der Waals surface area contributed by atoms with Gasteiger partial charge in [-0.3, -0.25) is 0 Å². The van der Waals surface area contributed by atoms with Gasteiger partial charge in [0.15, 0.2) is 6.10 Å². The maximum atomic E-state index is 12.2. The zero-order chi connectivity index (χ0) is 14.7. The lowest BCUT2D eigenvalue weighted by Gasteiger charge is -2.39. The molecule has 2 aliphatic rings. The molecule has 0 aromatic heterocycles. The standard InChI is InChI=1S/C14H24N2O4/c1-9-4-3-5-10(2)16(9)14(19)15-8-11-6-7-12(20-11)13(17)18/h9-12H,3-8H2,1-2H3,(H,15,19)(H,17,18)/t9-,10+,11?,12?. The molecular formula is C14H24N2O4. The lowest BCUT2D eigenvalue weighted by Crippen LogP contribution is -2.52. The van der Waals surface area contributed by atoms with Crippen molar-refractivity contribution in [3.63, 3.8) is 0 Å². The van der Waals surface area contributed by atoms with Gasteiger partial charge in [-0.05, 0) is 46.0 Å². The van der Waals surface area contributed by atoms with Crippen LogP contribution in [0.15, 0.2) is 0 Å². The van der Waals surface area contributed by atoms with Crippen LogP contribution in [0.4, 0.5) is 4.79 Å². The van der Waals surface area contributed by atoms with Gasteiger partial charge >= 0.3 is 12.0 Å². The van der Waals surface area contributed by atoms with Crippen molar-refractivity contribution in [3.8, 4) is 0 Å². The summed E-state index contributed by atoms with van der Waals surface area (Å²) in [6, 6.07) is 0.456. The average molecular weight is 284 g/mol. The van der Waals surface area contributed by atoms with Gasteiger partial charge in [0, 0.05) is 18.6 Å². The van der Waals surface area contributed by atoms with E-state index in [0.717, 1.165) is 19.3 Å². The van der Waals surface area contributed by atoms with E-state index in [0.29, 0.717) is 19.4 Å². The number of ether oxygens (including phenoxy) is 1. The van der Waals surface area contributed by atoms with E-state index in [1.54, 1.807) is 0 Å². The molecule has 2 unspecified atom stereocenters. The molecule has 20 heavy (non-hydrogen) atoms. The van der Waals surface area contributed by atoms with Crippen LogP contribution in [0.5, 0.6) is 0 Å². The van der Waals surface area contributed by atoms with Crippen LogP contribution in [0, 0.1) is 0 Å². The first-order valence-corrected chi connectivity index (χ1v) is 7.43. The zero-order valence-electron chi connectivity index (χ0n) is 12.2. The second-order valence-electron chi connectivity index (χ2n) is 5.88. The number of rotatable bonds is 3. The third-order valence-corrected chi connectivity index (χ3v) is 4.29. The molecule has 0 bridgehead atoms. The lowest BCUT2D eigenvalue weighted by molar-refractivity contribution is -0.149. The molecule has 6 nitrogen and oxygen atoms in total. The molecule has 0 aromatic carbocycles. The van der Waals surface area contributed by atoms with E-state index in [9.17, 15) is 9.59 Å². The third kappa shape index (κ3) is 3.42. The highest BCUT2D eigenvalue weighted by molar-refractivity contribution is 5.75. The lowest BCUT2D eigenvalue weighted by atomic mass is 9.98. The van der Waals surface area contributed by atoms with E-state index >= 15 is 0 Å². The minimum Gasteiger partial charge on any atom is -0.479 e. The molecule has 0 aromatic rings. The van der Waals surface area contributed by atoms with Gasteiger partial charge in [-0.2, -0.15) is 0 Å². The van der Waals surface area contributed by atoms with E-state index < -0.39 is 12.1 Å². The van der Waals surface area contributed by atoms with Crippen molar-refractivity contribution >= 4 is 12.0 Å². The summed E-state index contributed by atoms with van der Waals surface area (Å²) in [5, 5.41) is 11.7. The summed E-state index contributed by atoms with van der Waals surface area (Å²) in [7, 11) is 0. The largest absolute Gasteiger partial charge is 0.479 e. The number of hydrogen-bond donors (Lipinski definition) is 2. The number of carbonyl (C=O) groups excluding carboxylic acids is 1. The Labute approximate surface area is 119 Å². The van der Waals surface area contributed by atoms with Crippen LogP contribution in [0.3, 0.4) is 0 Å². The van der Waals surface area contributed by atoms with Crippen LogP contribution in [0.1, 0.15) is 46.0 Å². The van der Waals surface area contributed by atoms with Crippen molar-refractivity contribution < 1.29 is 19.4 Å². The van der Waals surface area contributed by atoms with Gasteiger partial charge < -0.3 is 20.1 Å². The second kappa shape index (κ2) is 6.43. The molecule has 0 radical (unpaired) electrons. The van der Waals surface area contributed by atoms with Crippen LogP contribution >= 0.6 is 0 Å². The van der Waals surface area contributed by atoms with Crippen molar-refractivity contribution in [2.24, 2.45) is 0 Å². The maximum absolute atomic E-state index is 12.2. The summed E-state index contributed by atoms with van der Waals surface area (Å²) in [6.07, 6.45) is 3.55. The predicted octanol–water partition coefficient (Wildman–Crippen LogP) is 1.59. The molecule has 2 N–H and O–H groups in total. The number of likely N-dealkylation sites (tertiary alicyclic amines) is 1. The van der Waals surface area contributed by atoms with Crippen molar-refractivity contribution in [2.75, 3.05) is 6.54 Å². The summed E-state index contributed by atoms with van der Waals surface area (Å²) in [6.45, 7) is 4.53. The number of amides is 2. The quantitative estimate of drug-likeness (QED) is 0.825. The first kappa shape index (κ1) is 15.1. The fourth-order valence-corrected chi connectivity index (χ4v) is 3.15. The Hall–Kier alpha value is -1.30. The van der Waals surface area contributed by atoms with Crippen LogP contribution < -0.4 is 5.32 Å². The first-order chi connectivity index (χ1) is 9.49. The van der Waals surface area contributed by atoms with Gasteiger partial charge in [0.1, 0.15) is 0 Å². The Kier molecular flexibility index (Phi) is 4.86. The number of nitrogens with one attached hydrogen (secondary N) is 1. The summed E-state index contributed by atoms with van der Waals surface area (Å²) >= 11 is 0. The highest BCUT2D eigenvalue weighted by Crippen LogP contribution is 2.23. The summed E-state index contributed by atoms with van der Waals surface area (Å²) in [5.41, 5.74) is 0. The predicted molar refractivity (Wildman–Crippen MR) is 73.5 cm³/mol. The first-order valence-electron chi connectivity index (χ1n) is 7.43. The Morgan fingerprint density at radius 3 is 2.40 bits per heavy atom. The number of nitrogens with zero attached hydrogens (tertiary/aromatic N) is 1. The van der Waals surface area contributed by atoms with Crippen LogP contribution in [-0.2, 0) is 9.53 Å². The van der Waals surface area contributed by atoms with Crippen molar-refractivity contribution in [1.29, 1.82) is 0 Å². The number of hydrogen-bond acceptors (Lipinski definition) is 3. The normalized spacial score (nSPS) is 34.0. The maximum Gasteiger partial charge on any atom is 0.332 e. The number of carbonyl (C=O) groups is 2. The molecule has 2 heterocycles. The Bertz CT molecular complexity index is 364. The van der Waals surface area contributed by atoms with Crippen LogP contribution in [0.25, 0.3) is 0 Å². The number of carboxylic acids is 1. The van der Waals surface area contributed by atoms with Crippen molar-refractivity contribution in [2.45, 2.75) is 70.2 Å². The van der Waals surface area contributed by atoms with E-state index in [1.165, 1.54) is 0 Å². The topological polar surface area (TPSA) is 78.9 Å². The second-order valence-corrected chi connectivity index (χ2v) is 5.88. The highest BCUT2D eigenvalue weighted by Gasteiger charge is 2.32. The molecule has 2 amide bonds. The number of urea groups is 1. The molecule has 2 aliphatic heterocycles.